The van der Waals surface area contributed by atoms with E-state index in [2.05, 4.69) is 5.32 Å². The number of hydroxylamine groups is 1. The summed E-state index contributed by atoms with van der Waals surface area (Å²) in [4.78, 5) is 22.3. The zero-order valence-electron chi connectivity index (χ0n) is 9.61. The van der Waals surface area contributed by atoms with E-state index < -0.39 is 5.91 Å². The molecule has 1 aromatic carbocycles. The van der Waals surface area contributed by atoms with Crippen molar-refractivity contribution in [3.63, 3.8) is 0 Å². The zero-order chi connectivity index (χ0) is 12.8. The minimum atomic E-state index is -0.694. The number of hydrogen-bond acceptors (Lipinski definition) is 4. The van der Waals surface area contributed by atoms with Gasteiger partial charge in [0, 0.05) is 12.6 Å². The van der Waals surface area contributed by atoms with Crippen LogP contribution in [-0.4, -0.2) is 23.6 Å². The van der Waals surface area contributed by atoms with Crippen LogP contribution in [0.25, 0.3) is 0 Å². The molecule has 92 valence electrons. The topological polar surface area (TPSA) is 87.7 Å². The van der Waals surface area contributed by atoms with Gasteiger partial charge in [-0.25, -0.2) is 5.48 Å². The molecule has 0 unspecified atom stereocenters. The fraction of sp³-hybridized carbons (Fsp3) is 0.273. The van der Waals surface area contributed by atoms with Crippen molar-refractivity contribution in [3.8, 4) is 5.75 Å². The first kappa shape index (κ1) is 13.0. The number of benzene rings is 1. The van der Waals surface area contributed by atoms with Crippen LogP contribution in [0.2, 0.25) is 0 Å². The van der Waals surface area contributed by atoms with Crippen LogP contribution < -0.4 is 15.5 Å². The van der Waals surface area contributed by atoms with E-state index in [0.29, 0.717) is 18.0 Å². The maximum absolute atomic E-state index is 11.4. The molecule has 1 rings (SSSR count). The van der Waals surface area contributed by atoms with Crippen molar-refractivity contribution in [2.24, 2.45) is 0 Å². The predicted molar refractivity (Wildman–Crippen MR) is 61.2 cm³/mol. The Kier molecular flexibility index (Phi) is 4.47. The summed E-state index contributed by atoms with van der Waals surface area (Å²) in [6.45, 7) is 3.54. The van der Waals surface area contributed by atoms with Crippen molar-refractivity contribution in [1.82, 2.24) is 5.48 Å². The molecule has 0 saturated heterocycles. The molecule has 0 radical (unpaired) electrons. The molecule has 17 heavy (non-hydrogen) atoms. The number of anilines is 1. The normalized spacial score (nSPS) is 9.59. The molecule has 0 aliphatic heterocycles. The summed E-state index contributed by atoms with van der Waals surface area (Å²) >= 11 is 0. The Bertz CT molecular complexity index is 431. The van der Waals surface area contributed by atoms with Crippen molar-refractivity contribution in [3.05, 3.63) is 23.8 Å². The lowest BCUT2D eigenvalue weighted by molar-refractivity contribution is -0.114. The Morgan fingerprint density at radius 2 is 2.12 bits per heavy atom. The van der Waals surface area contributed by atoms with E-state index in [9.17, 15) is 9.59 Å². The van der Waals surface area contributed by atoms with Gasteiger partial charge in [0.2, 0.25) is 5.91 Å². The molecule has 0 bridgehead atoms. The minimum absolute atomic E-state index is 0.153. The summed E-state index contributed by atoms with van der Waals surface area (Å²) in [6.07, 6.45) is 0. The molecular weight excluding hydrogens is 224 g/mol. The summed E-state index contributed by atoms with van der Waals surface area (Å²) in [7, 11) is 0. The third kappa shape index (κ3) is 3.46. The van der Waals surface area contributed by atoms with Gasteiger partial charge in [-0.2, -0.15) is 0 Å². The Balaban J connectivity index is 3.09. The first-order valence-electron chi connectivity index (χ1n) is 5.07. The SMILES string of the molecule is CCOc1ccc(NC(C)=O)cc1C(=O)NO. The number of carbonyl (C=O) groups is 2. The van der Waals surface area contributed by atoms with E-state index in [4.69, 9.17) is 9.94 Å². The van der Waals surface area contributed by atoms with E-state index in [1.165, 1.54) is 18.5 Å². The quantitative estimate of drug-likeness (QED) is 0.542. The fourth-order valence-corrected chi connectivity index (χ4v) is 1.33. The fourth-order valence-electron chi connectivity index (χ4n) is 1.33. The Labute approximate surface area is 98.5 Å². The molecule has 3 N–H and O–H groups in total. The van der Waals surface area contributed by atoms with Gasteiger partial charge < -0.3 is 10.1 Å². The Morgan fingerprint density at radius 3 is 2.65 bits per heavy atom. The van der Waals surface area contributed by atoms with Gasteiger partial charge in [-0.05, 0) is 25.1 Å². The summed E-state index contributed by atoms with van der Waals surface area (Å²) in [5.74, 6) is -0.599. The van der Waals surface area contributed by atoms with Gasteiger partial charge >= 0.3 is 0 Å². The second kappa shape index (κ2) is 5.86. The van der Waals surface area contributed by atoms with Gasteiger partial charge in [0.1, 0.15) is 5.75 Å². The molecule has 0 fully saturated rings. The van der Waals surface area contributed by atoms with Crippen LogP contribution in [0.15, 0.2) is 18.2 Å². The molecule has 1 aromatic rings. The van der Waals surface area contributed by atoms with Gasteiger partial charge in [-0.1, -0.05) is 0 Å². The highest BCUT2D eigenvalue weighted by molar-refractivity contribution is 5.98. The standard InChI is InChI=1S/C11H14N2O4/c1-3-17-10-5-4-8(12-7(2)14)6-9(10)11(15)13-16/h4-6,16H,3H2,1-2H3,(H,12,14)(H,13,15). The van der Waals surface area contributed by atoms with Gasteiger partial charge in [0.15, 0.2) is 0 Å². The second-order valence-electron chi connectivity index (χ2n) is 3.27. The van der Waals surface area contributed by atoms with Crippen LogP contribution in [0, 0.1) is 0 Å². The van der Waals surface area contributed by atoms with Crippen LogP contribution in [0.1, 0.15) is 24.2 Å². The van der Waals surface area contributed by atoms with E-state index >= 15 is 0 Å². The largest absolute Gasteiger partial charge is 0.493 e. The molecule has 0 spiro atoms. The van der Waals surface area contributed by atoms with Crippen LogP contribution in [-0.2, 0) is 4.79 Å². The number of rotatable bonds is 4. The maximum Gasteiger partial charge on any atom is 0.278 e. The van der Waals surface area contributed by atoms with Crippen LogP contribution >= 0.6 is 0 Å². The van der Waals surface area contributed by atoms with E-state index in [-0.39, 0.29) is 11.5 Å². The number of hydrogen-bond donors (Lipinski definition) is 3. The molecule has 0 aliphatic carbocycles. The molecule has 0 aromatic heterocycles. The molecular formula is C11H14N2O4. The number of nitrogens with one attached hydrogen (secondary N) is 2. The van der Waals surface area contributed by atoms with E-state index in [1.807, 2.05) is 0 Å². The maximum atomic E-state index is 11.4. The highest BCUT2D eigenvalue weighted by Gasteiger charge is 2.13. The van der Waals surface area contributed by atoms with Crippen LogP contribution in [0.4, 0.5) is 5.69 Å². The molecule has 0 aliphatic rings. The average molecular weight is 238 g/mol. The zero-order valence-corrected chi connectivity index (χ0v) is 9.61. The van der Waals surface area contributed by atoms with Crippen molar-refractivity contribution in [2.75, 3.05) is 11.9 Å². The van der Waals surface area contributed by atoms with Crippen LogP contribution in [0.5, 0.6) is 5.75 Å². The third-order valence-corrected chi connectivity index (χ3v) is 1.95. The van der Waals surface area contributed by atoms with Gasteiger partial charge in [-0.15, -0.1) is 0 Å². The summed E-state index contributed by atoms with van der Waals surface area (Å²) in [5.41, 5.74) is 2.14. The number of ether oxygens (including phenoxy) is 1. The predicted octanol–water partition coefficient (Wildman–Crippen LogP) is 1.16. The summed E-state index contributed by atoms with van der Waals surface area (Å²) in [6, 6.07) is 4.60. The Morgan fingerprint density at radius 1 is 1.41 bits per heavy atom. The monoisotopic (exact) mass is 238 g/mol. The Hall–Kier alpha value is -2.08. The summed E-state index contributed by atoms with van der Waals surface area (Å²) in [5, 5.41) is 11.1. The lowest BCUT2D eigenvalue weighted by Crippen LogP contribution is -2.20. The number of amides is 2. The summed E-state index contributed by atoms with van der Waals surface area (Å²) < 4.78 is 5.24. The van der Waals surface area contributed by atoms with Crippen LogP contribution in [0.3, 0.4) is 0 Å². The first-order valence-corrected chi connectivity index (χ1v) is 5.07. The second-order valence-corrected chi connectivity index (χ2v) is 3.27. The third-order valence-electron chi connectivity index (χ3n) is 1.95. The van der Waals surface area contributed by atoms with Crippen molar-refractivity contribution in [1.29, 1.82) is 0 Å². The molecule has 2 amide bonds. The minimum Gasteiger partial charge on any atom is -0.493 e. The number of carbonyl (C=O) groups excluding carboxylic acids is 2. The highest BCUT2D eigenvalue weighted by Crippen LogP contribution is 2.22. The average Bonchev–Trinajstić information content (AvgIpc) is 2.29. The van der Waals surface area contributed by atoms with E-state index in [0.717, 1.165) is 0 Å². The lowest BCUT2D eigenvalue weighted by Gasteiger charge is -2.10. The molecule has 0 saturated carbocycles. The molecule has 6 nitrogen and oxygen atoms in total. The van der Waals surface area contributed by atoms with Crippen molar-refractivity contribution in [2.45, 2.75) is 13.8 Å². The molecule has 6 heteroatoms. The smallest absolute Gasteiger partial charge is 0.278 e. The van der Waals surface area contributed by atoms with Gasteiger partial charge in [-0.3, -0.25) is 14.8 Å². The van der Waals surface area contributed by atoms with Gasteiger partial charge in [0.25, 0.3) is 5.91 Å². The van der Waals surface area contributed by atoms with Gasteiger partial charge in [0.05, 0.1) is 12.2 Å². The van der Waals surface area contributed by atoms with E-state index in [1.54, 1.807) is 19.1 Å². The lowest BCUT2D eigenvalue weighted by atomic mass is 10.1. The first-order chi connectivity index (χ1) is 8.08. The highest BCUT2D eigenvalue weighted by atomic mass is 16.5. The van der Waals surface area contributed by atoms with Crippen molar-refractivity contribution >= 4 is 17.5 Å². The molecule has 0 heterocycles. The molecule has 0 atom stereocenters. The van der Waals surface area contributed by atoms with Crippen molar-refractivity contribution < 1.29 is 19.5 Å².